The Labute approximate surface area is 181 Å². The van der Waals surface area contributed by atoms with Gasteiger partial charge in [-0.1, -0.05) is 24.3 Å². The number of rotatable bonds is 6. The van der Waals surface area contributed by atoms with Gasteiger partial charge in [0.15, 0.2) is 0 Å². The van der Waals surface area contributed by atoms with Crippen molar-refractivity contribution in [3.8, 4) is 0 Å². The Kier molecular flexibility index (Phi) is 7.88. The highest BCUT2D eigenvalue weighted by Crippen LogP contribution is 2.22. The molecule has 0 bridgehead atoms. The van der Waals surface area contributed by atoms with Crippen LogP contribution in [0.3, 0.4) is 0 Å². The van der Waals surface area contributed by atoms with Crippen LogP contribution in [0.4, 0.5) is 0 Å². The van der Waals surface area contributed by atoms with Gasteiger partial charge in [0.2, 0.25) is 0 Å². The van der Waals surface area contributed by atoms with Crippen LogP contribution in [0, 0.1) is 0 Å². The third kappa shape index (κ3) is 5.75. The molecule has 3 N–H and O–H groups in total. The first-order chi connectivity index (χ1) is 15.0. The number of carboxylic acid groups (broad SMARTS) is 1. The topological polar surface area (TPSA) is 110 Å². The maximum absolute atomic E-state index is 12.2. The molecule has 0 aliphatic carbocycles. The minimum absolute atomic E-state index is 0.194. The second-order valence-corrected chi connectivity index (χ2v) is 7.38. The molecule has 2 aliphatic rings. The lowest BCUT2D eigenvalue weighted by atomic mass is 10.1. The number of carbonyl (C=O) groups excluding carboxylic acids is 2. The molecule has 1 saturated heterocycles. The van der Waals surface area contributed by atoms with Crippen LogP contribution >= 0.6 is 0 Å². The first kappa shape index (κ1) is 22.6. The fourth-order valence-electron chi connectivity index (χ4n) is 3.62. The van der Waals surface area contributed by atoms with Gasteiger partial charge < -0.3 is 15.5 Å². The van der Waals surface area contributed by atoms with Gasteiger partial charge in [-0.05, 0) is 36.2 Å². The number of fused-ring (bicyclic) bond motifs is 1. The number of carboxylic acids is 1. The second-order valence-electron chi connectivity index (χ2n) is 7.38. The Balaban J connectivity index is 0.000000254. The molecule has 2 aromatic carbocycles. The SMILES string of the molecule is O=C(O)c1cccc(CCN2C(=O)c3ccccc3C2=O)c1.OCCN1CCNCC1. The van der Waals surface area contributed by atoms with Crippen molar-refractivity contribution in [1.82, 2.24) is 15.1 Å². The number of aromatic carboxylic acids is 1. The Morgan fingerprint density at radius 1 is 0.935 bits per heavy atom. The van der Waals surface area contributed by atoms with Gasteiger partial charge in [-0.2, -0.15) is 0 Å². The van der Waals surface area contributed by atoms with E-state index < -0.39 is 5.97 Å². The zero-order valence-electron chi connectivity index (χ0n) is 17.3. The van der Waals surface area contributed by atoms with E-state index in [0.717, 1.165) is 38.3 Å². The number of carbonyl (C=O) groups is 3. The molecule has 2 amide bonds. The highest BCUT2D eigenvalue weighted by Gasteiger charge is 2.34. The molecule has 4 rings (SSSR count). The predicted molar refractivity (Wildman–Crippen MR) is 115 cm³/mol. The maximum atomic E-state index is 12.2. The summed E-state index contributed by atoms with van der Waals surface area (Å²) in [6, 6.07) is 13.2. The summed E-state index contributed by atoms with van der Waals surface area (Å²) in [5.41, 5.74) is 1.81. The number of benzene rings is 2. The Hall–Kier alpha value is -3.07. The number of aliphatic hydroxyl groups excluding tert-OH is 1. The van der Waals surface area contributed by atoms with Gasteiger partial charge in [-0.3, -0.25) is 19.4 Å². The number of piperazine rings is 1. The van der Waals surface area contributed by atoms with Gasteiger partial charge in [0, 0.05) is 39.3 Å². The molecule has 0 atom stereocenters. The zero-order valence-corrected chi connectivity index (χ0v) is 17.3. The molecule has 8 nitrogen and oxygen atoms in total. The molecule has 164 valence electrons. The van der Waals surface area contributed by atoms with Crippen LogP contribution in [0.5, 0.6) is 0 Å². The molecule has 2 heterocycles. The van der Waals surface area contributed by atoms with Gasteiger partial charge in [0.25, 0.3) is 11.8 Å². The van der Waals surface area contributed by atoms with Crippen molar-refractivity contribution in [3.63, 3.8) is 0 Å². The van der Waals surface area contributed by atoms with Crippen LogP contribution < -0.4 is 5.32 Å². The molecular formula is C23H27N3O5. The minimum atomic E-state index is -0.998. The molecule has 0 saturated carbocycles. The lowest BCUT2D eigenvalue weighted by Gasteiger charge is -2.25. The molecule has 31 heavy (non-hydrogen) atoms. The quantitative estimate of drug-likeness (QED) is 0.595. The fourth-order valence-corrected chi connectivity index (χ4v) is 3.62. The van der Waals surface area contributed by atoms with E-state index in [0.29, 0.717) is 24.2 Å². The lowest BCUT2D eigenvalue weighted by Crippen LogP contribution is -2.44. The van der Waals surface area contributed by atoms with E-state index in [-0.39, 0.29) is 23.9 Å². The summed E-state index contributed by atoms with van der Waals surface area (Å²) < 4.78 is 0. The van der Waals surface area contributed by atoms with E-state index in [4.69, 9.17) is 10.2 Å². The van der Waals surface area contributed by atoms with Crippen molar-refractivity contribution in [1.29, 1.82) is 0 Å². The van der Waals surface area contributed by atoms with Gasteiger partial charge in [0.1, 0.15) is 0 Å². The summed E-state index contributed by atoms with van der Waals surface area (Å²) in [7, 11) is 0. The maximum Gasteiger partial charge on any atom is 0.335 e. The summed E-state index contributed by atoms with van der Waals surface area (Å²) in [6.07, 6.45) is 0.423. The number of hydrogen-bond acceptors (Lipinski definition) is 6. The van der Waals surface area contributed by atoms with Crippen LogP contribution in [0.2, 0.25) is 0 Å². The van der Waals surface area contributed by atoms with Crippen LogP contribution in [-0.4, -0.2) is 83.7 Å². The number of β-amino-alcohol motifs (C(OH)–C–C–N with tert-alkyl or cyclic N) is 1. The van der Waals surface area contributed by atoms with Crippen molar-refractivity contribution in [2.45, 2.75) is 6.42 Å². The van der Waals surface area contributed by atoms with E-state index >= 15 is 0 Å². The zero-order chi connectivity index (χ0) is 22.2. The molecule has 0 radical (unpaired) electrons. The molecule has 0 aromatic heterocycles. The van der Waals surface area contributed by atoms with Crippen molar-refractivity contribution in [2.75, 3.05) is 45.9 Å². The standard InChI is InChI=1S/C17H13NO4.C6H14N2O/c19-15-13-6-1-2-7-14(13)16(20)18(15)9-8-11-4-3-5-12(10-11)17(21)22;9-6-5-8-3-1-7-2-4-8/h1-7,10H,8-9H2,(H,21,22);7,9H,1-6H2. The third-order valence-corrected chi connectivity index (χ3v) is 5.30. The minimum Gasteiger partial charge on any atom is -0.478 e. The predicted octanol–water partition coefficient (Wildman–Crippen LogP) is 1.11. The van der Waals surface area contributed by atoms with Crippen LogP contribution in [0.25, 0.3) is 0 Å². The summed E-state index contributed by atoms with van der Waals surface area (Å²) in [6.45, 7) is 5.66. The first-order valence-electron chi connectivity index (χ1n) is 10.3. The molecule has 1 fully saturated rings. The van der Waals surface area contributed by atoms with E-state index in [1.165, 1.54) is 11.0 Å². The summed E-state index contributed by atoms with van der Waals surface area (Å²) in [5.74, 6) is -1.59. The summed E-state index contributed by atoms with van der Waals surface area (Å²) >= 11 is 0. The van der Waals surface area contributed by atoms with Gasteiger partial charge in [-0.15, -0.1) is 0 Å². The third-order valence-electron chi connectivity index (χ3n) is 5.30. The van der Waals surface area contributed by atoms with Gasteiger partial charge in [-0.25, -0.2) is 4.79 Å². The lowest BCUT2D eigenvalue weighted by molar-refractivity contribution is 0.0651. The monoisotopic (exact) mass is 425 g/mol. The first-order valence-corrected chi connectivity index (χ1v) is 10.3. The number of nitrogens with zero attached hydrogens (tertiary/aromatic N) is 2. The van der Waals surface area contributed by atoms with Crippen molar-refractivity contribution >= 4 is 17.8 Å². The number of aliphatic hydroxyl groups is 1. The fraction of sp³-hybridized carbons (Fsp3) is 0.348. The van der Waals surface area contributed by atoms with Crippen molar-refractivity contribution in [2.24, 2.45) is 0 Å². The van der Waals surface area contributed by atoms with Gasteiger partial charge in [0.05, 0.1) is 23.3 Å². The Morgan fingerprint density at radius 3 is 2.16 bits per heavy atom. The van der Waals surface area contributed by atoms with Crippen LogP contribution in [0.15, 0.2) is 48.5 Å². The second kappa shape index (κ2) is 10.8. The largest absolute Gasteiger partial charge is 0.478 e. The Morgan fingerprint density at radius 2 is 1.58 bits per heavy atom. The highest BCUT2D eigenvalue weighted by molar-refractivity contribution is 6.21. The van der Waals surface area contributed by atoms with Crippen molar-refractivity contribution in [3.05, 3.63) is 70.8 Å². The number of nitrogens with one attached hydrogen (secondary N) is 1. The van der Waals surface area contributed by atoms with E-state index in [1.54, 1.807) is 42.5 Å². The number of hydrogen-bond donors (Lipinski definition) is 3. The molecule has 0 unspecified atom stereocenters. The average Bonchev–Trinajstić information content (AvgIpc) is 3.04. The van der Waals surface area contributed by atoms with Crippen molar-refractivity contribution < 1.29 is 24.6 Å². The summed E-state index contributed by atoms with van der Waals surface area (Å²) in [5, 5.41) is 20.8. The molecular weight excluding hydrogens is 398 g/mol. The molecule has 0 spiro atoms. The van der Waals surface area contributed by atoms with E-state index in [2.05, 4.69) is 10.2 Å². The summed E-state index contributed by atoms with van der Waals surface area (Å²) in [4.78, 5) is 38.8. The molecule has 2 aromatic rings. The normalized spacial score (nSPS) is 16.0. The average molecular weight is 425 g/mol. The van der Waals surface area contributed by atoms with E-state index in [1.807, 2.05) is 0 Å². The molecule has 8 heteroatoms. The smallest absolute Gasteiger partial charge is 0.335 e. The van der Waals surface area contributed by atoms with Crippen LogP contribution in [-0.2, 0) is 6.42 Å². The van der Waals surface area contributed by atoms with E-state index in [9.17, 15) is 14.4 Å². The van der Waals surface area contributed by atoms with Gasteiger partial charge >= 0.3 is 5.97 Å². The molecule has 2 aliphatic heterocycles. The van der Waals surface area contributed by atoms with Crippen LogP contribution in [0.1, 0.15) is 36.6 Å². The number of imide groups is 1. The number of amides is 2. The highest BCUT2D eigenvalue weighted by atomic mass is 16.4. The Bertz CT molecular complexity index is 903.